The summed E-state index contributed by atoms with van der Waals surface area (Å²) in [4.78, 5) is 41.3. The number of ether oxygens (including phenoxy) is 1. The van der Waals surface area contributed by atoms with E-state index in [0.717, 1.165) is 62.6 Å². The lowest BCUT2D eigenvalue weighted by Crippen LogP contribution is -2.59. The number of pyridine rings is 3. The van der Waals surface area contributed by atoms with Crippen molar-refractivity contribution in [3.8, 4) is 16.9 Å². The summed E-state index contributed by atoms with van der Waals surface area (Å²) in [5.74, 6) is 0.580. The lowest BCUT2D eigenvalue weighted by Gasteiger charge is -2.46. The number of hydrogen-bond acceptors (Lipinski definition) is 9. The molecular weight excluding hydrogens is 620 g/mol. The maximum absolute atomic E-state index is 13.9. The molecule has 2 aliphatic heterocycles. The summed E-state index contributed by atoms with van der Waals surface area (Å²) in [5, 5.41) is 13.7. The van der Waals surface area contributed by atoms with Crippen LogP contribution < -0.4 is 21.3 Å². The second-order valence-electron chi connectivity index (χ2n) is 14.3. The number of nitrogens with zero attached hydrogens (tertiary/aromatic N) is 7. The Kier molecular flexibility index (Phi) is 6.86. The molecular formula is C37H42N8O4. The van der Waals surface area contributed by atoms with Gasteiger partial charge in [0.05, 0.1) is 37.7 Å². The fraction of sp³-hybridized carbons (Fsp3) is 0.405. The van der Waals surface area contributed by atoms with Gasteiger partial charge in [-0.15, -0.1) is 0 Å². The van der Waals surface area contributed by atoms with Gasteiger partial charge >= 0.3 is 0 Å². The van der Waals surface area contributed by atoms with Crippen LogP contribution in [0.3, 0.4) is 0 Å². The third-order valence-electron chi connectivity index (χ3n) is 10.2. The predicted octanol–water partition coefficient (Wildman–Crippen LogP) is 3.52. The summed E-state index contributed by atoms with van der Waals surface area (Å²) in [5.41, 5.74) is 3.86. The van der Waals surface area contributed by atoms with E-state index in [2.05, 4.69) is 45.9 Å². The van der Waals surface area contributed by atoms with Crippen LogP contribution in [0.15, 0.2) is 70.9 Å². The minimum absolute atomic E-state index is 0.00922. The number of aryl methyl sites for hydroxylation is 1. The molecule has 254 valence electrons. The molecule has 0 amide bonds. The first-order valence-corrected chi connectivity index (χ1v) is 16.7. The molecule has 12 nitrogen and oxygen atoms in total. The Morgan fingerprint density at radius 1 is 1.08 bits per heavy atom. The Hall–Kier alpha value is -4.78. The van der Waals surface area contributed by atoms with Gasteiger partial charge in [-0.05, 0) is 66.6 Å². The lowest BCUT2D eigenvalue weighted by atomic mass is 9.90. The number of aliphatic hydroxyl groups is 1. The van der Waals surface area contributed by atoms with Gasteiger partial charge in [0.2, 0.25) is 0 Å². The zero-order valence-electron chi connectivity index (χ0n) is 30.9. The van der Waals surface area contributed by atoms with Crippen molar-refractivity contribution < 1.29 is 14.0 Å². The second kappa shape index (κ2) is 12.0. The maximum Gasteiger partial charge on any atom is 0.280 e. The monoisotopic (exact) mass is 665 g/mol. The van der Waals surface area contributed by atoms with E-state index in [9.17, 15) is 14.7 Å². The lowest BCUT2D eigenvalue weighted by molar-refractivity contribution is -0.0691. The fourth-order valence-electron chi connectivity index (χ4n) is 7.66. The smallest absolute Gasteiger partial charge is 0.280 e. The van der Waals surface area contributed by atoms with Crippen molar-refractivity contribution in [3.05, 3.63) is 98.8 Å². The van der Waals surface area contributed by atoms with Gasteiger partial charge in [-0.25, -0.2) is 9.97 Å². The highest BCUT2D eigenvalue weighted by molar-refractivity contribution is 5.73. The minimum atomic E-state index is -2.80. The van der Waals surface area contributed by atoms with Crippen LogP contribution in [0.25, 0.3) is 22.5 Å². The van der Waals surface area contributed by atoms with Crippen LogP contribution in [0.1, 0.15) is 41.7 Å². The van der Waals surface area contributed by atoms with Gasteiger partial charge in [0.25, 0.3) is 11.1 Å². The molecule has 3 aliphatic rings. The van der Waals surface area contributed by atoms with E-state index in [-0.39, 0.29) is 28.5 Å². The standard InChI is InChI=1S/C37H42N8O4/c1-23-18-42(27-21-49-22-27)9-10-43(23)26-5-6-33(39-17-26)40-30-13-25(19-41(4)35(30)47)28-7-8-38-34(29(28)20-46)45-12-11-44-31(36(45)48)14-24-15-37(2,3)16-32(24)44/h5-8,11-14,17,19,23,27,46H,9-10,15-16,18,20-22H2,1-4H3,(H,39,40)/t23-/m0/s1/i4D3. The molecule has 0 radical (unpaired) electrons. The molecule has 5 aromatic heterocycles. The van der Waals surface area contributed by atoms with E-state index >= 15 is 0 Å². The number of anilines is 3. The fourth-order valence-corrected chi connectivity index (χ4v) is 7.66. The molecule has 8 rings (SSSR count). The minimum Gasteiger partial charge on any atom is -0.392 e. The van der Waals surface area contributed by atoms with Crippen LogP contribution in [0.4, 0.5) is 17.2 Å². The SMILES string of the molecule is [2H]C([2H])([2H])n1cc(-c2ccnc(-n3ccn4c5c(cc4c3=O)CC(C)(C)C5)c2CO)cc(Nc2ccc(N3CCN(C4COC4)C[C@@H]3C)cn2)c1=O. The summed E-state index contributed by atoms with van der Waals surface area (Å²) in [7, 11) is 0. The van der Waals surface area contributed by atoms with E-state index in [4.69, 9.17) is 8.85 Å². The molecule has 0 bridgehead atoms. The maximum atomic E-state index is 13.9. The van der Waals surface area contributed by atoms with Gasteiger partial charge in [-0.3, -0.25) is 19.1 Å². The van der Waals surface area contributed by atoms with E-state index in [1.165, 1.54) is 23.0 Å². The number of aromatic nitrogens is 5. The van der Waals surface area contributed by atoms with Gasteiger partial charge in [-0.1, -0.05) is 13.8 Å². The van der Waals surface area contributed by atoms with Crippen LogP contribution in [0.5, 0.6) is 0 Å². The summed E-state index contributed by atoms with van der Waals surface area (Å²) in [6.07, 6.45) is 9.72. The summed E-state index contributed by atoms with van der Waals surface area (Å²) in [6.45, 7) is 7.60. The number of nitrogens with one attached hydrogen (secondary N) is 1. The average molecular weight is 666 g/mol. The molecule has 0 saturated carbocycles. The van der Waals surface area contributed by atoms with E-state index in [0.29, 0.717) is 38.6 Å². The highest BCUT2D eigenvalue weighted by atomic mass is 16.5. The van der Waals surface area contributed by atoms with Gasteiger partial charge in [-0.2, -0.15) is 0 Å². The van der Waals surface area contributed by atoms with Gasteiger partial charge in [0.1, 0.15) is 22.8 Å². The molecule has 0 aromatic carbocycles. The zero-order chi connectivity index (χ0) is 36.5. The largest absolute Gasteiger partial charge is 0.392 e. The zero-order valence-corrected chi connectivity index (χ0v) is 27.9. The van der Waals surface area contributed by atoms with Crippen molar-refractivity contribution in [1.29, 1.82) is 0 Å². The number of rotatable bonds is 7. The van der Waals surface area contributed by atoms with E-state index in [1.54, 1.807) is 24.5 Å². The molecule has 2 fully saturated rings. The Morgan fingerprint density at radius 2 is 1.94 bits per heavy atom. The topological polar surface area (TPSA) is 122 Å². The van der Waals surface area contributed by atoms with Crippen molar-refractivity contribution in [3.63, 3.8) is 0 Å². The van der Waals surface area contributed by atoms with Crippen molar-refractivity contribution in [2.75, 3.05) is 43.1 Å². The van der Waals surface area contributed by atoms with E-state index in [1.807, 2.05) is 22.7 Å². The molecule has 12 heteroatoms. The molecule has 7 heterocycles. The van der Waals surface area contributed by atoms with Crippen molar-refractivity contribution >= 4 is 22.7 Å². The van der Waals surface area contributed by atoms with Crippen LogP contribution in [-0.2, 0) is 31.2 Å². The highest BCUT2D eigenvalue weighted by Gasteiger charge is 2.33. The van der Waals surface area contributed by atoms with Gasteiger partial charge < -0.3 is 29.0 Å². The number of piperazine rings is 1. The van der Waals surface area contributed by atoms with Crippen LogP contribution in [-0.4, -0.2) is 78.4 Å². The Morgan fingerprint density at radius 3 is 2.65 bits per heavy atom. The Labute approximate surface area is 288 Å². The Bertz CT molecular complexity index is 2290. The first-order chi connectivity index (χ1) is 24.8. The van der Waals surface area contributed by atoms with Gasteiger partial charge in [0, 0.05) is 78.4 Å². The molecule has 5 aromatic rings. The molecule has 1 aliphatic carbocycles. The molecule has 0 unspecified atom stereocenters. The highest BCUT2D eigenvalue weighted by Crippen LogP contribution is 2.37. The van der Waals surface area contributed by atoms with Crippen molar-refractivity contribution in [1.82, 2.24) is 28.4 Å². The quantitative estimate of drug-likeness (QED) is 0.269. The normalized spacial score (nSPS) is 20.4. The third kappa shape index (κ3) is 5.53. The van der Waals surface area contributed by atoms with Crippen molar-refractivity contribution in [2.45, 2.75) is 52.3 Å². The van der Waals surface area contributed by atoms with Crippen molar-refractivity contribution in [2.24, 2.45) is 12.4 Å². The third-order valence-corrected chi connectivity index (χ3v) is 10.2. The average Bonchev–Trinajstić information content (AvgIpc) is 3.57. The number of aliphatic hydroxyl groups excluding tert-OH is 1. The Balaban J connectivity index is 1.12. The summed E-state index contributed by atoms with van der Waals surface area (Å²) < 4.78 is 33.8. The summed E-state index contributed by atoms with van der Waals surface area (Å²) >= 11 is 0. The molecule has 1 atom stereocenters. The first-order valence-electron chi connectivity index (χ1n) is 18.2. The first kappa shape index (κ1) is 28.1. The van der Waals surface area contributed by atoms with Crippen LogP contribution in [0, 0.1) is 5.41 Å². The number of hydrogen-bond donors (Lipinski definition) is 2. The molecule has 0 spiro atoms. The molecule has 2 saturated heterocycles. The molecule has 2 N–H and O–H groups in total. The number of fused-ring (bicyclic) bond motifs is 3. The van der Waals surface area contributed by atoms with Crippen LogP contribution >= 0.6 is 0 Å². The van der Waals surface area contributed by atoms with Crippen LogP contribution in [0.2, 0.25) is 0 Å². The second-order valence-corrected chi connectivity index (χ2v) is 14.3. The van der Waals surface area contributed by atoms with E-state index < -0.39 is 19.1 Å². The summed E-state index contributed by atoms with van der Waals surface area (Å²) in [6, 6.07) is 9.57. The molecule has 49 heavy (non-hydrogen) atoms. The predicted molar refractivity (Wildman–Crippen MR) is 189 cm³/mol. The van der Waals surface area contributed by atoms with Gasteiger partial charge in [0.15, 0.2) is 0 Å².